The highest BCUT2D eigenvalue weighted by Gasteiger charge is 2.07. The Hall–Kier alpha value is -2.00. The molecule has 3 nitrogen and oxygen atoms in total. The van der Waals surface area contributed by atoms with Crippen LogP contribution in [-0.4, -0.2) is 5.97 Å². The quantitative estimate of drug-likeness (QED) is 0.692. The van der Waals surface area contributed by atoms with Crippen LogP contribution in [0.25, 0.3) is 0 Å². The van der Waals surface area contributed by atoms with Crippen LogP contribution in [0.2, 0.25) is 5.02 Å². The smallest absolute Gasteiger partial charge is 0.310 e. The number of aryl methyl sites for hydroxylation is 1. The zero-order valence-corrected chi connectivity index (χ0v) is 12.0. The van der Waals surface area contributed by atoms with E-state index in [0.29, 0.717) is 10.7 Å². The van der Waals surface area contributed by atoms with Gasteiger partial charge in [0.1, 0.15) is 6.61 Å². The van der Waals surface area contributed by atoms with Gasteiger partial charge in [-0.2, -0.15) is 0 Å². The summed E-state index contributed by atoms with van der Waals surface area (Å²) in [5.74, 6) is -0.299. The largest absolute Gasteiger partial charge is 0.461 e. The van der Waals surface area contributed by atoms with Crippen molar-refractivity contribution >= 4 is 23.3 Å². The molecular weight excluding hydrogens is 274 g/mol. The Morgan fingerprint density at radius 3 is 2.75 bits per heavy atom. The lowest BCUT2D eigenvalue weighted by Crippen LogP contribution is -2.08. The molecule has 2 rings (SSSR count). The summed E-state index contributed by atoms with van der Waals surface area (Å²) in [5, 5.41) is 0.613. The minimum Gasteiger partial charge on any atom is -0.461 e. The molecule has 2 N–H and O–H groups in total. The summed E-state index contributed by atoms with van der Waals surface area (Å²) in [6.45, 7) is 2.14. The van der Waals surface area contributed by atoms with E-state index in [1.165, 1.54) is 0 Å². The van der Waals surface area contributed by atoms with Crippen molar-refractivity contribution in [1.82, 2.24) is 0 Å². The molecule has 0 fully saturated rings. The lowest BCUT2D eigenvalue weighted by molar-refractivity contribution is -0.144. The van der Waals surface area contributed by atoms with Crippen LogP contribution >= 0.6 is 11.6 Å². The Morgan fingerprint density at radius 2 is 2.05 bits per heavy atom. The number of halogens is 1. The molecule has 0 bridgehead atoms. The Kier molecular flexibility index (Phi) is 4.64. The zero-order chi connectivity index (χ0) is 14.5. The number of benzene rings is 2. The molecule has 0 amide bonds. The number of esters is 1. The number of nitrogens with two attached hydrogens (primary N) is 1. The fourth-order valence-electron chi connectivity index (χ4n) is 1.85. The third-order valence-corrected chi connectivity index (χ3v) is 3.25. The second-order valence-electron chi connectivity index (χ2n) is 4.68. The predicted octanol–water partition coefficient (Wildman–Crippen LogP) is 3.52. The van der Waals surface area contributed by atoms with E-state index >= 15 is 0 Å². The molecule has 0 saturated carbocycles. The Labute approximate surface area is 123 Å². The highest BCUT2D eigenvalue weighted by Crippen LogP contribution is 2.18. The molecule has 0 heterocycles. The lowest BCUT2D eigenvalue weighted by atomic mass is 10.1. The summed E-state index contributed by atoms with van der Waals surface area (Å²) >= 11 is 6.09. The van der Waals surface area contributed by atoms with Crippen LogP contribution in [0.15, 0.2) is 42.5 Å². The van der Waals surface area contributed by atoms with Gasteiger partial charge in [-0.15, -0.1) is 0 Å². The van der Waals surface area contributed by atoms with Gasteiger partial charge in [-0.3, -0.25) is 4.79 Å². The van der Waals surface area contributed by atoms with E-state index in [0.717, 1.165) is 16.7 Å². The van der Waals surface area contributed by atoms with Gasteiger partial charge >= 0.3 is 5.97 Å². The second kappa shape index (κ2) is 6.44. The van der Waals surface area contributed by atoms with Crippen molar-refractivity contribution in [2.24, 2.45) is 0 Å². The van der Waals surface area contributed by atoms with E-state index in [9.17, 15) is 4.79 Å². The molecular formula is C16H16ClNO2. The topological polar surface area (TPSA) is 52.3 Å². The number of anilines is 1. The molecule has 0 saturated heterocycles. The van der Waals surface area contributed by atoms with Gasteiger partial charge in [-0.25, -0.2) is 0 Å². The van der Waals surface area contributed by atoms with Gasteiger partial charge in [0.15, 0.2) is 0 Å². The first-order valence-corrected chi connectivity index (χ1v) is 6.67. The molecule has 0 aromatic heterocycles. The van der Waals surface area contributed by atoms with E-state index < -0.39 is 0 Å². The molecule has 0 unspecified atom stereocenters. The summed E-state index contributed by atoms with van der Waals surface area (Å²) in [6.07, 6.45) is 0.203. The number of hydrogen-bond donors (Lipinski definition) is 1. The monoisotopic (exact) mass is 289 g/mol. The first kappa shape index (κ1) is 14.4. The molecule has 0 aliphatic rings. The average molecular weight is 290 g/mol. The average Bonchev–Trinajstić information content (AvgIpc) is 2.37. The third kappa shape index (κ3) is 4.00. The summed E-state index contributed by atoms with van der Waals surface area (Å²) < 4.78 is 5.23. The normalized spacial score (nSPS) is 10.3. The second-order valence-corrected chi connectivity index (χ2v) is 5.08. The summed E-state index contributed by atoms with van der Waals surface area (Å²) in [7, 11) is 0. The molecule has 0 spiro atoms. The maximum absolute atomic E-state index is 11.8. The van der Waals surface area contributed by atoms with Gasteiger partial charge in [-0.1, -0.05) is 35.9 Å². The molecule has 0 radical (unpaired) electrons. The van der Waals surface area contributed by atoms with Crippen LogP contribution in [0, 0.1) is 6.92 Å². The minimum atomic E-state index is -0.299. The van der Waals surface area contributed by atoms with Crippen LogP contribution in [0.5, 0.6) is 0 Å². The van der Waals surface area contributed by atoms with E-state index in [2.05, 4.69) is 0 Å². The van der Waals surface area contributed by atoms with E-state index in [-0.39, 0.29) is 19.0 Å². The van der Waals surface area contributed by atoms with Crippen LogP contribution < -0.4 is 5.73 Å². The highest BCUT2D eigenvalue weighted by atomic mass is 35.5. The van der Waals surface area contributed by atoms with Gasteiger partial charge in [0.2, 0.25) is 0 Å². The molecule has 20 heavy (non-hydrogen) atoms. The maximum Gasteiger partial charge on any atom is 0.310 e. The fourth-order valence-corrected chi connectivity index (χ4v) is 2.14. The number of hydrogen-bond acceptors (Lipinski definition) is 3. The predicted molar refractivity (Wildman–Crippen MR) is 80.5 cm³/mol. The van der Waals surface area contributed by atoms with Crippen LogP contribution in [-0.2, 0) is 22.6 Å². The summed E-state index contributed by atoms with van der Waals surface area (Å²) in [5.41, 5.74) is 9.02. The van der Waals surface area contributed by atoms with Gasteiger partial charge < -0.3 is 10.5 Å². The van der Waals surface area contributed by atoms with Crippen molar-refractivity contribution < 1.29 is 9.53 Å². The van der Waals surface area contributed by atoms with Crippen molar-refractivity contribution in [2.75, 3.05) is 5.73 Å². The molecule has 0 atom stereocenters. The number of carbonyl (C=O) groups excluding carboxylic acids is 1. The molecule has 0 aliphatic heterocycles. The van der Waals surface area contributed by atoms with Crippen molar-refractivity contribution in [3.63, 3.8) is 0 Å². The number of ether oxygens (including phenoxy) is 1. The van der Waals surface area contributed by atoms with Gasteiger partial charge in [-0.05, 0) is 36.2 Å². The van der Waals surface area contributed by atoms with Gasteiger partial charge in [0.25, 0.3) is 0 Å². The molecule has 2 aromatic rings. The molecule has 0 aliphatic carbocycles. The van der Waals surface area contributed by atoms with E-state index in [4.69, 9.17) is 22.1 Å². The van der Waals surface area contributed by atoms with Crippen LogP contribution in [0.1, 0.15) is 16.7 Å². The van der Waals surface area contributed by atoms with Crippen LogP contribution in [0.3, 0.4) is 0 Å². The maximum atomic E-state index is 11.8. The van der Waals surface area contributed by atoms with E-state index in [1.54, 1.807) is 12.1 Å². The lowest BCUT2D eigenvalue weighted by Gasteiger charge is -2.07. The minimum absolute atomic E-state index is 0.181. The third-order valence-electron chi connectivity index (χ3n) is 2.90. The molecule has 104 valence electrons. The summed E-state index contributed by atoms with van der Waals surface area (Å²) in [6, 6.07) is 12.9. The Morgan fingerprint density at radius 1 is 1.25 bits per heavy atom. The van der Waals surface area contributed by atoms with Crippen molar-refractivity contribution in [3.05, 3.63) is 64.2 Å². The Balaban J connectivity index is 1.92. The van der Waals surface area contributed by atoms with Crippen molar-refractivity contribution in [2.45, 2.75) is 20.0 Å². The van der Waals surface area contributed by atoms with E-state index in [1.807, 2.05) is 37.3 Å². The van der Waals surface area contributed by atoms with Gasteiger partial charge in [0.05, 0.1) is 6.42 Å². The molecule has 2 aromatic carbocycles. The van der Waals surface area contributed by atoms with Crippen molar-refractivity contribution in [1.29, 1.82) is 0 Å². The SMILES string of the molecule is Cc1ccc(COC(=O)Cc2cccc(N)c2)c(Cl)c1. The van der Waals surface area contributed by atoms with Gasteiger partial charge in [0, 0.05) is 16.3 Å². The first-order chi connectivity index (χ1) is 9.54. The number of carbonyl (C=O) groups is 1. The van der Waals surface area contributed by atoms with Crippen LogP contribution in [0.4, 0.5) is 5.69 Å². The van der Waals surface area contributed by atoms with Crippen molar-refractivity contribution in [3.8, 4) is 0 Å². The first-order valence-electron chi connectivity index (χ1n) is 6.29. The number of nitrogen functional groups attached to an aromatic ring is 1. The summed E-state index contributed by atoms with van der Waals surface area (Å²) in [4.78, 5) is 11.8. The zero-order valence-electron chi connectivity index (χ0n) is 11.2. The Bertz CT molecular complexity index is 626. The fraction of sp³-hybridized carbons (Fsp3) is 0.188. The molecule has 4 heteroatoms. The number of rotatable bonds is 4. The standard InChI is InChI=1S/C16H16ClNO2/c1-11-5-6-13(15(17)7-11)10-20-16(19)9-12-3-2-4-14(18)8-12/h2-8H,9-10,18H2,1H3. The highest BCUT2D eigenvalue weighted by molar-refractivity contribution is 6.31.